The second-order valence-corrected chi connectivity index (χ2v) is 3.96. The fraction of sp³-hybridized carbons (Fsp3) is 0.500. The molecule has 0 aliphatic carbocycles. The predicted octanol–water partition coefficient (Wildman–Crippen LogP) is 1.45. The van der Waals surface area contributed by atoms with E-state index in [0.29, 0.717) is 6.54 Å². The summed E-state index contributed by atoms with van der Waals surface area (Å²) in [6, 6.07) is 7.74. The maximum atomic E-state index is 9.31. The zero-order valence-corrected chi connectivity index (χ0v) is 10.3. The van der Waals surface area contributed by atoms with Crippen LogP contribution >= 0.6 is 0 Å². The molecule has 1 aromatic heterocycles. The summed E-state index contributed by atoms with van der Waals surface area (Å²) in [5.74, 6) is 0. The van der Waals surface area contributed by atoms with Gasteiger partial charge in [-0.25, -0.2) is 0 Å². The van der Waals surface area contributed by atoms with Crippen molar-refractivity contribution in [2.45, 2.75) is 32.3 Å². The van der Waals surface area contributed by atoms with Gasteiger partial charge in [-0.3, -0.25) is 5.10 Å². The van der Waals surface area contributed by atoms with Crippen LogP contribution in [0.2, 0.25) is 0 Å². The quantitative estimate of drug-likeness (QED) is 0.752. The Morgan fingerprint density at radius 3 is 2.41 bits per heavy atom. The molecule has 0 aliphatic rings. The van der Waals surface area contributed by atoms with Crippen molar-refractivity contribution < 1.29 is 5.11 Å². The van der Waals surface area contributed by atoms with E-state index >= 15 is 0 Å². The van der Waals surface area contributed by atoms with Gasteiger partial charge >= 0.3 is 0 Å². The summed E-state index contributed by atoms with van der Waals surface area (Å²) in [6.07, 6.45) is 1.50. The fourth-order valence-electron chi connectivity index (χ4n) is 1.33. The van der Waals surface area contributed by atoms with Gasteiger partial charge < -0.3 is 10.8 Å². The second kappa shape index (κ2) is 6.32. The molecule has 1 heterocycles. The number of para-hydroxylation sites is 1. The number of benzene rings is 1. The number of aromatic nitrogens is 3. The van der Waals surface area contributed by atoms with E-state index < -0.39 is 5.60 Å². The van der Waals surface area contributed by atoms with Gasteiger partial charge in [0.15, 0.2) is 0 Å². The van der Waals surface area contributed by atoms with E-state index in [4.69, 9.17) is 5.73 Å². The highest BCUT2D eigenvalue weighted by Crippen LogP contribution is 2.10. The van der Waals surface area contributed by atoms with E-state index in [-0.39, 0.29) is 0 Å². The molecule has 0 saturated heterocycles. The topological polar surface area (TPSA) is 87.8 Å². The van der Waals surface area contributed by atoms with Crippen molar-refractivity contribution in [2.75, 3.05) is 6.54 Å². The van der Waals surface area contributed by atoms with E-state index in [1.54, 1.807) is 0 Å². The fourth-order valence-corrected chi connectivity index (χ4v) is 1.33. The average molecular weight is 236 g/mol. The van der Waals surface area contributed by atoms with Gasteiger partial charge in [-0.15, -0.1) is 5.10 Å². The zero-order valence-electron chi connectivity index (χ0n) is 10.3. The largest absolute Gasteiger partial charge is 0.389 e. The summed E-state index contributed by atoms with van der Waals surface area (Å²) in [5.41, 5.74) is 6.58. The van der Waals surface area contributed by atoms with Gasteiger partial charge in [-0.05, 0) is 25.0 Å². The molecule has 5 heteroatoms. The van der Waals surface area contributed by atoms with Crippen molar-refractivity contribution in [1.29, 1.82) is 0 Å². The van der Waals surface area contributed by atoms with Crippen LogP contribution in [0.5, 0.6) is 0 Å². The van der Waals surface area contributed by atoms with E-state index in [1.165, 1.54) is 0 Å². The summed E-state index contributed by atoms with van der Waals surface area (Å²) in [4.78, 5) is 0. The first kappa shape index (κ1) is 13.6. The minimum absolute atomic E-state index is 0.375. The van der Waals surface area contributed by atoms with Crippen molar-refractivity contribution in [3.8, 4) is 0 Å². The van der Waals surface area contributed by atoms with Gasteiger partial charge in [0.05, 0.1) is 11.1 Å². The summed E-state index contributed by atoms with van der Waals surface area (Å²) >= 11 is 0. The molecule has 0 bridgehead atoms. The third-order valence-electron chi connectivity index (χ3n) is 2.93. The molecule has 0 atom stereocenters. The van der Waals surface area contributed by atoms with Crippen molar-refractivity contribution >= 4 is 11.0 Å². The molecule has 2 rings (SSSR count). The SMILES string of the molecule is CCC(O)(CC)CN.c1ccc2[nH]nnc2c1. The van der Waals surface area contributed by atoms with E-state index in [1.807, 2.05) is 38.1 Å². The van der Waals surface area contributed by atoms with Gasteiger partial charge in [0.1, 0.15) is 5.52 Å². The molecule has 0 spiro atoms. The van der Waals surface area contributed by atoms with Gasteiger partial charge in [0.2, 0.25) is 0 Å². The number of aliphatic hydroxyl groups is 1. The maximum absolute atomic E-state index is 9.31. The first-order valence-corrected chi connectivity index (χ1v) is 5.83. The van der Waals surface area contributed by atoms with Crippen molar-refractivity contribution in [1.82, 2.24) is 15.4 Å². The summed E-state index contributed by atoms with van der Waals surface area (Å²) < 4.78 is 0. The minimum Gasteiger partial charge on any atom is -0.389 e. The Kier molecular flexibility index (Phi) is 5.06. The molecule has 0 unspecified atom stereocenters. The molecule has 5 nitrogen and oxygen atoms in total. The lowest BCUT2D eigenvalue weighted by atomic mass is 9.98. The standard InChI is InChI=1S/C6H5N3.C6H15NO/c1-2-4-6-5(3-1)7-9-8-6;1-3-6(8,4-2)5-7/h1-4H,(H,7,8,9);8H,3-5,7H2,1-2H3. The molecule has 0 fully saturated rings. The highest BCUT2D eigenvalue weighted by Gasteiger charge is 2.18. The van der Waals surface area contributed by atoms with Crippen LogP contribution in [-0.2, 0) is 0 Å². The Morgan fingerprint density at radius 1 is 1.29 bits per heavy atom. The van der Waals surface area contributed by atoms with Crippen LogP contribution in [0.1, 0.15) is 26.7 Å². The first-order chi connectivity index (χ1) is 8.15. The lowest BCUT2D eigenvalue weighted by Gasteiger charge is -2.21. The number of rotatable bonds is 3. The molecule has 94 valence electrons. The number of nitrogens with two attached hydrogens (primary N) is 1. The highest BCUT2D eigenvalue weighted by atomic mass is 16.3. The number of aromatic amines is 1. The summed E-state index contributed by atoms with van der Waals surface area (Å²) in [7, 11) is 0. The summed E-state index contributed by atoms with van der Waals surface area (Å²) in [5, 5.41) is 19.5. The molecule has 1 aromatic carbocycles. The lowest BCUT2D eigenvalue weighted by molar-refractivity contribution is 0.0414. The number of hydrogen-bond donors (Lipinski definition) is 3. The smallest absolute Gasteiger partial charge is 0.112 e. The first-order valence-electron chi connectivity index (χ1n) is 5.83. The monoisotopic (exact) mass is 236 g/mol. The number of hydrogen-bond acceptors (Lipinski definition) is 4. The molecule has 4 N–H and O–H groups in total. The van der Waals surface area contributed by atoms with Gasteiger partial charge in [-0.2, -0.15) is 0 Å². The Morgan fingerprint density at radius 2 is 1.94 bits per heavy atom. The van der Waals surface area contributed by atoms with Crippen molar-refractivity contribution in [2.24, 2.45) is 5.73 Å². The Balaban J connectivity index is 0.000000172. The van der Waals surface area contributed by atoms with Crippen LogP contribution in [0.25, 0.3) is 11.0 Å². The second-order valence-electron chi connectivity index (χ2n) is 3.96. The number of fused-ring (bicyclic) bond motifs is 1. The van der Waals surface area contributed by atoms with E-state index in [9.17, 15) is 5.11 Å². The number of nitrogens with zero attached hydrogens (tertiary/aromatic N) is 2. The molecule has 0 amide bonds. The Labute approximate surface area is 101 Å². The number of H-pyrrole nitrogens is 1. The van der Waals surface area contributed by atoms with Crippen LogP contribution in [-0.4, -0.2) is 32.7 Å². The van der Waals surface area contributed by atoms with Crippen molar-refractivity contribution in [3.05, 3.63) is 24.3 Å². The van der Waals surface area contributed by atoms with Gasteiger partial charge in [0.25, 0.3) is 0 Å². The zero-order chi connectivity index (χ0) is 12.7. The molecule has 2 aromatic rings. The molecule has 0 radical (unpaired) electrons. The minimum atomic E-state index is -0.597. The van der Waals surface area contributed by atoms with Crippen LogP contribution < -0.4 is 5.73 Å². The third-order valence-corrected chi connectivity index (χ3v) is 2.93. The third kappa shape index (κ3) is 3.80. The molecular weight excluding hydrogens is 216 g/mol. The molecule has 0 aliphatic heterocycles. The van der Waals surface area contributed by atoms with E-state index in [0.717, 1.165) is 23.9 Å². The Hall–Kier alpha value is -1.46. The maximum Gasteiger partial charge on any atom is 0.112 e. The number of nitrogens with one attached hydrogen (secondary N) is 1. The molecular formula is C12H20N4O. The van der Waals surface area contributed by atoms with Crippen LogP contribution in [0.15, 0.2) is 24.3 Å². The lowest BCUT2D eigenvalue weighted by Crippen LogP contribution is -2.35. The normalized spacial score (nSPS) is 11.1. The highest BCUT2D eigenvalue weighted by molar-refractivity contribution is 5.72. The van der Waals surface area contributed by atoms with Crippen LogP contribution in [0.3, 0.4) is 0 Å². The van der Waals surface area contributed by atoms with Gasteiger partial charge in [0, 0.05) is 6.54 Å². The Bertz CT molecular complexity index is 398. The van der Waals surface area contributed by atoms with E-state index in [2.05, 4.69) is 15.4 Å². The molecule has 0 saturated carbocycles. The van der Waals surface area contributed by atoms with Crippen LogP contribution in [0.4, 0.5) is 0 Å². The predicted molar refractivity (Wildman–Crippen MR) is 68.5 cm³/mol. The molecule has 17 heavy (non-hydrogen) atoms. The van der Waals surface area contributed by atoms with Crippen LogP contribution in [0, 0.1) is 0 Å². The summed E-state index contributed by atoms with van der Waals surface area (Å²) in [6.45, 7) is 4.26. The van der Waals surface area contributed by atoms with Crippen molar-refractivity contribution in [3.63, 3.8) is 0 Å². The van der Waals surface area contributed by atoms with Gasteiger partial charge in [-0.1, -0.05) is 31.2 Å². The average Bonchev–Trinajstić information content (AvgIpc) is 2.87.